The van der Waals surface area contributed by atoms with E-state index in [4.69, 9.17) is 10.6 Å². The maximum absolute atomic E-state index is 5.76. The quantitative estimate of drug-likeness (QED) is 0.532. The second-order valence-electron chi connectivity index (χ2n) is 3.21. The van der Waals surface area contributed by atoms with Gasteiger partial charge in [-0.1, -0.05) is 0 Å². The Morgan fingerprint density at radius 1 is 1.27 bits per heavy atom. The summed E-state index contributed by atoms with van der Waals surface area (Å²) in [6.07, 6.45) is 2.38. The molecule has 0 saturated carbocycles. The first-order valence-electron chi connectivity index (χ1n) is 4.14. The van der Waals surface area contributed by atoms with E-state index >= 15 is 0 Å². The van der Waals surface area contributed by atoms with Gasteiger partial charge in [0.1, 0.15) is 6.61 Å². The maximum Gasteiger partial charge on any atom is 0.172 e. The zero-order chi connectivity index (χ0) is 7.68. The third-order valence-corrected chi connectivity index (χ3v) is 2.37. The van der Waals surface area contributed by atoms with Gasteiger partial charge in [0.05, 0.1) is 0 Å². The zero-order valence-electron chi connectivity index (χ0n) is 6.53. The molecule has 2 saturated heterocycles. The summed E-state index contributed by atoms with van der Waals surface area (Å²) < 4.78 is 0. The number of piperidine rings is 1. The van der Waals surface area contributed by atoms with Crippen LogP contribution >= 0.6 is 0 Å². The van der Waals surface area contributed by atoms with Crippen LogP contribution in [0.25, 0.3) is 0 Å². The standard InChI is InChI=1S/C7H14N2O2/c8-6-1-3-9(4-2-6)7-5-10-11-7/h6-7H,1-5,8H2. The molecular weight excluding hydrogens is 144 g/mol. The molecule has 4 nitrogen and oxygen atoms in total. The first-order chi connectivity index (χ1) is 5.36. The Kier molecular flexibility index (Phi) is 2.09. The lowest BCUT2D eigenvalue weighted by molar-refractivity contribution is -0.455. The third-order valence-electron chi connectivity index (χ3n) is 2.37. The van der Waals surface area contributed by atoms with Gasteiger partial charge in [-0.15, -0.1) is 0 Å². The van der Waals surface area contributed by atoms with E-state index in [-0.39, 0.29) is 6.23 Å². The highest BCUT2D eigenvalue weighted by Gasteiger charge is 2.30. The molecule has 0 aromatic rings. The lowest BCUT2D eigenvalue weighted by atomic mass is 10.1. The molecule has 2 aliphatic rings. The maximum atomic E-state index is 5.76. The van der Waals surface area contributed by atoms with Crippen molar-refractivity contribution in [3.8, 4) is 0 Å². The first kappa shape index (κ1) is 7.49. The topological polar surface area (TPSA) is 47.7 Å². The van der Waals surface area contributed by atoms with Crippen molar-refractivity contribution in [1.82, 2.24) is 4.90 Å². The number of hydrogen-bond donors (Lipinski definition) is 1. The lowest BCUT2D eigenvalue weighted by Gasteiger charge is -2.39. The number of nitrogens with zero attached hydrogens (tertiary/aromatic N) is 1. The van der Waals surface area contributed by atoms with Gasteiger partial charge in [-0.05, 0) is 12.8 Å². The van der Waals surface area contributed by atoms with Crippen LogP contribution < -0.4 is 5.73 Å². The summed E-state index contributed by atoms with van der Waals surface area (Å²) in [6.45, 7) is 2.82. The number of nitrogens with two attached hydrogens (primary N) is 1. The molecule has 2 aliphatic heterocycles. The Hall–Kier alpha value is -0.160. The minimum atomic E-state index is 0.211. The summed E-state index contributed by atoms with van der Waals surface area (Å²) in [5.74, 6) is 0. The van der Waals surface area contributed by atoms with E-state index in [2.05, 4.69) is 9.79 Å². The van der Waals surface area contributed by atoms with E-state index in [9.17, 15) is 0 Å². The fraction of sp³-hybridized carbons (Fsp3) is 1.00. The fourth-order valence-electron chi connectivity index (χ4n) is 1.50. The molecule has 0 radical (unpaired) electrons. The SMILES string of the molecule is NC1CCN(C2COO2)CC1. The highest BCUT2D eigenvalue weighted by molar-refractivity contribution is 4.76. The summed E-state index contributed by atoms with van der Waals surface area (Å²) >= 11 is 0. The second-order valence-corrected chi connectivity index (χ2v) is 3.21. The van der Waals surface area contributed by atoms with Crippen LogP contribution in [0.15, 0.2) is 0 Å². The van der Waals surface area contributed by atoms with Gasteiger partial charge in [-0.2, -0.15) is 0 Å². The van der Waals surface area contributed by atoms with Gasteiger partial charge in [0.2, 0.25) is 0 Å². The Morgan fingerprint density at radius 3 is 2.36 bits per heavy atom. The average molecular weight is 158 g/mol. The fourth-order valence-corrected chi connectivity index (χ4v) is 1.50. The van der Waals surface area contributed by atoms with Crippen molar-refractivity contribution in [3.63, 3.8) is 0 Å². The Bertz CT molecular complexity index is 130. The summed E-state index contributed by atoms with van der Waals surface area (Å²) in [5, 5.41) is 0. The molecule has 2 rings (SSSR count). The highest BCUT2D eigenvalue weighted by Crippen LogP contribution is 2.17. The summed E-state index contributed by atoms with van der Waals surface area (Å²) in [4.78, 5) is 11.8. The predicted molar refractivity (Wildman–Crippen MR) is 39.6 cm³/mol. The summed E-state index contributed by atoms with van der Waals surface area (Å²) in [6, 6.07) is 0.396. The molecule has 0 aromatic carbocycles. The average Bonchev–Trinajstić information content (AvgIpc) is 1.90. The van der Waals surface area contributed by atoms with Gasteiger partial charge >= 0.3 is 0 Å². The van der Waals surface area contributed by atoms with E-state index in [1.54, 1.807) is 0 Å². The van der Waals surface area contributed by atoms with E-state index in [0.717, 1.165) is 32.5 Å². The van der Waals surface area contributed by atoms with Crippen LogP contribution in [0.3, 0.4) is 0 Å². The molecule has 0 bridgehead atoms. The van der Waals surface area contributed by atoms with Gasteiger partial charge in [0.15, 0.2) is 6.23 Å². The zero-order valence-corrected chi connectivity index (χ0v) is 6.53. The molecule has 2 fully saturated rings. The molecular formula is C7H14N2O2. The Morgan fingerprint density at radius 2 is 1.91 bits per heavy atom. The van der Waals surface area contributed by atoms with Crippen molar-refractivity contribution < 1.29 is 9.78 Å². The normalized spacial score (nSPS) is 35.2. The highest BCUT2D eigenvalue weighted by atomic mass is 17.2. The van der Waals surface area contributed by atoms with Crippen LogP contribution in [0.1, 0.15) is 12.8 Å². The number of rotatable bonds is 1. The first-order valence-corrected chi connectivity index (χ1v) is 4.14. The third kappa shape index (κ3) is 1.54. The predicted octanol–water partition coefficient (Wildman–Crippen LogP) is -0.303. The number of likely N-dealkylation sites (tertiary alicyclic amines) is 1. The van der Waals surface area contributed by atoms with Crippen molar-refractivity contribution in [2.45, 2.75) is 25.1 Å². The lowest BCUT2D eigenvalue weighted by Crippen LogP contribution is -2.52. The molecule has 0 amide bonds. The van der Waals surface area contributed by atoms with Gasteiger partial charge in [0, 0.05) is 19.1 Å². The Labute approximate surface area is 66.2 Å². The molecule has 11 heavy (non-hydrogen) atoms. The summed E-state index contributed by atoms with van der Waals surface area (Å²) in [7, 11) is 0. The van der Waals surface area contributed by atoms with Crippen molar-refractivity contribution in [2.75, 3.05) is 19.7 Å². The van der Waals surface area contributed by atoms with Crippen LogP contribution in [0, 0.1) is 0 Å². The van der Waals surface area contributed by atoms with Crippen LogP contribution in [0.2, 0.25) is 0 Å². The van der Waals surface area contributed by atoms with Gasteiger partial charge < -0.3 is 5.73 Å². The van der Waals surface area contributed by atoms with Gasteiger partial charge in [-0.25, -0.2) is 9.78 Å². The molecule has 1 unspecified atom stereocenters. The Balaban J connectivity index is 1.77. The molecule has 0 aromatic heterocycles. The second kappa shape index (κ2) is 3.06. The molecule has 64 valence electrons. The molecule has 2 N–H and O–H groups in total. The van der Waals surface area contributed by atoms with Crippen molar-refractivity contribution >= 4 is 0 Å². The van der Waals surface area contributed by atoms with Gasteiger partial charge in [0.25, 0.3) is 0 Å². The monoisotopic (exact) mass is 158 g/mol. The van der Waals surface area contributed by atoms with Crippen LogP contribution in [0.5, 0.6) is 0 Å². The van der Waals surface area contributed by atoms with E-state index in [1.165, 1.54) is 0 Å². The van der Waals surface area contributed by atoms with E-state index in [1.807, 2.05) is 0 Å². The van der Waals surface area contributed by atoms with Crippen molar-refractivity contribution in [3.05, 3.63) is 0 Å². The van der Waals surface area contributed by atoms with Crippen LogP contribution in [-0.2, 0) is 9.78 Å². The van der Waals surface area contributed by atoms with Gasteiger partial charge in [-0.3, -0.25) is 4.90 Å². The van der Waals surface area contributed by atoms with Crippen LogP contribution in [0.4, 0.5) is 0 Å². The van der Waals surface area contributed by atoms with Crippen molar-refractivity contribution in [2.24, 2.45) is 5.73 Å². The molecule has 2 heterocycles. The molecule has 0 spiro atoms. The number of hydrogen-bond acceptors (Lipinski definition) is 4. The largest absolute Gasteiger partial charge is 0.328 e. The smallest absolute Gasteiger partial charge is 0.172 e. The summed E-state index contributed by atoms with van der Waals surface area (Å²) in [5.41, 5.74) is 5.76. The van der Waals surface area contributed by atoms with Crippen LogP contribution in [-0.4, -0.2) is 36.9 Å². The van der Waals surface area contributed by atoms with Crippen molar-refractivity contribution in [1.29, 1.82) is 0 Å². The molecule has 0 aliphatic carbocycles. The van der Waals surface area contributed by atoms with E-state index < -0.39 is 0 Å². The minimum absolute atomic E-state index is 0.211. The molecule has 1 atom stereocenters. The van der Waals surface area contributed by atoms with E-state index in [0.29, 0.717) is 6.04 Å². The minimum Gasteiger partial charge on any atom is -0.328 e. The molecule has 4 heteroatoms.